The van der Waals surface area contributed by atoms with E-state index in [1.54, 1.807) is 0 Å². The van der Waals surface area contributed by atoms with Crippen molar-refractivity contribution in [1.82, 2.24) is 9.97 Å². The molecule has 1 aromatic heterocycles. The zero-order valence-corrected chi connectivity index (χ0v) is 13.6. The van der Waals surface area contributed by atoms with Crippen LogP contribution in [0.15, 0.2) is 54.9 Å². The number of anilines is 5. The van der Waals surface area contributed by atoms with Crippen LogP contribution in [0, 0.1) is 11.6 Å². The first kappa shape index (κ1) is 16.6. The molecule has 0 aliphatic rings. The molecule has 0 saturated carbocycles. The Balaban J connectivity index is 1.97. The van der Waals surface area contributed by atoms with E-state index in [9.17, 15) is 8.78 Å². The van der Waals surface area contributed by atoms with Gasteiger partial charge in [0.05, 0.1) is 5.69 Å². The molecule has 3 rings (SSSR count). The number of benzene rings is 2. The Labute approximate surface area is 144 Å². The summed E-state index contributed by atoms with van der Waals surface area (Å²) in [5.74, 6) is -0.616. The van der Waals surface area contributed by atoms with Crippen molar-refractivity contribution >= 4 is 28.7 Å². The smallest absolute Gasteiger partial charge is 0.161 e. The molecule has 0 atom stereocenters. The molecule has 128 valence electrons. The van der Waals surface area contributed by atoms with E-state index in [1.807, 2.05) is 42.2 Å². The lowest BCUT2D eigenvalue weighted by atomic mass is 10.2. The van der Waals surface area contributed by atoms with E-state index in [-0.39, 0.29) is 17.2 Å². The highest BCUT2D eigenvalue weighted by Gasteiger charge is 2.16. The SMILES string of the molecule is CCN(c1ccccc1)c1ncnc(Nc2ccc(F)cc2F)c1N. The van der Waals surface area contributed by atoms with Gasteiger partial charge in [-0.3, -0.25) is 0 Å². The van der Waals surface area contributed by atoms with Crippen molar-refractivity contribution < 1.29 is 8.78 Å². The van der Waals surface area contributed by atoms with Gasteiger partial charge in [0.1, 0.15) is 23.6 Å². The van der Waals surface area contributed by atoms with Crippen molar-refractivity contribution in [2.24, 2.45) is 0 Å². The summed E-state index contributed by atoms with van der Waals surface area (Å²) in [6.45, 7) is 2.61. The van der Waals surface area contributed by atoms with E-state index in [4.69, 9.17) is 5.73 Å². The van der Waals surface area contributed by atoms with Crippen LogP contribution in [0.4, 0.5) is 37.5 Å². The van der Waals surface area contributed by atoms with Crippen LogP contribution in [-0.4, -0.2) is 16.5 Å². The molecule has 0 aliphatic carbocycles. The van der Waals surface area contributed by atoms with Crippen LogP contribution in [0.1, 0.15) is 6.92 Å². The molecule has 0 fully saturated rings. The third-order valence-electron chi connectivity index (χ3n) is 3.69. The second kappa shape index (κ2) is 7.12. The van der Waals surface area contributed by atoms with Crippen LogP contribution in [0.3, 0.4) is 0 Å². The van der Waals surface area contributed by atoms with Crippen LogP contribution in [-0.2, 0) is 0 Å². The van der Waals surface area contributed by atoms with Crippen molar-refractivity contribution in [3.63, 3.8) is 0 Å². The zero-order valence-electron chi connectivity index (χ0n) is 13.6. The van der Waals surface area contributed by atoms with Gasteiger partial charge in [-0.2, -0.15) is 0 Å². The Bertz CT molecular complexity index is 871. The number of nitrogen functional groups attached to an aromatic ring is 1. The molecule has 3 aromatic rings. The van der Waals surface area contributed by atoms with Gasteiger partial charge in [0, 0.05) is 18.3 Å². The number of hydrogen-bond donors (Lipinski definition) is 2. The quantitative estimate of drug-likeness (QED) is 0.726. The summed E-state index contributed by atoms with van der Waals surface area (Å²) in [4.78, 5) is 10.3. The number of para-hydroxylation sites is 1. The molecular formula is C18H17F2N5. The maximum atomic E-state index is 13.9. The standard InChI is InChI=1S/C18H17F2N5/c1-2-25(13-6-4-3-5-7-13)18-16(21)17(22-11-23-18)24-15-9-8-12(19)10-14(15)20/h3-11H,2,21H2,1H3,(H,22,23,24). The molecule has 0 unspecified atom stereocenters. The summed E-state index contributed by atoms with van der Waals surface area (Å²) in [5, 5.41) is 2.79. The lowest BCUT2D eigenvalue weighted by Gasteiger charge is -2.24. The average Bonchev–Trinajstić information content (AvgIpc) is 2.62. The predicted octanol–water partition coefficient (Wildman–Crippen LogP) is 4.24. The topological polar surface area (TPSA) is 67.1 Å². The molecule has 3 N–H and O–H groups in total. The first-order valence-electron chi connectivity index (χ1n) is 7.75. The summed E-state index contributed by atoms with van der Waals surface area (Å²) in [7, 11) is 0. The van der Waals surface area contributed by atoms with Crippen LogP contribution in [0.25, 0.3) is 0 Å². The molecule has 0 amide bonds. The second-order valence-corrected chi connectivity index (χ2v) is 5.29. The minimum absolute atomic E-state index is 0.0838. The maximum Gasteiger partial charge on any atom is 0.161 e. The van der Waals surface area contributed by atoms with Crippen LogP contribution < -0.4 is 16.0 Å². The maximum absolute atomic E-state index is 13.9. The van der Waals surface area contributed by atoms with Crippen molar-refractivity contribution in [2.45, 2.75) is 6.92 Å². The van der Waals surface area contributed by atoms with Crippen LogP contribution in [0.2, 0.25) is 0 Å². The highest BCUT2D eigenvalue weighted by atomic mass is 19.1. The van der Waals surface area contributed by atoms with Gasteiger partial charge in [-0.15, -0.1) is 0 Å². The van der Waals surface area contributed by atoms with Gasteiger partial charge in [0.2, 0.25) is 0 Å². The third-order valence-corrected chi connectivity index (χ3v) is 3.69. The molecule has 5 nitrogen and oxygen atoms in total. The van der Waals surface area contributed by atoms with Crippen molar-refractivity contribution in [3.8, 4) is 0 Å². The number of hydrogen-bond acceptors (Lipinski definition) is 5. The Morgan fingerprint density at radius 3 is 2.52 bits per heavy atom. The lowest BCUT2D eigenvalue weighted by molar-refractivity contribution is 0.586. The largest absolute Gasteiger partial charge is 0.393 e. The van der Waals surface area contributed by atoms with Crippen LogP contribution in [0.5, 0.6) is 0 Å². The van der Waals surface area contributed by atoms with E-state index in [1.165, 1.54) is 12.4 Å². The van der Waals surface area contributed by atoms with Gasteiger partial charge >= 0.3 is 0 Å². The van der Waals surface area contributed by atoms with E-state index >= 15 is 0 Å². The normalized spacial score (nSPS) is 10.5. The van der Waals surface area contributed by atoms with E-state index in [2.05, 4.69) is 15.3 Å². The van der Waals surface area contributed by atoms with E-state index < -0.39 is 11.6 Å². The Morgan fingerprint density at radius 2 is 1.84 bits per heavy atom. The molecular weight excluding hydrogens is 324 g/mol. The van der Waals surface area contributed by atoms with E-state index in [0.717, 1.165) is 17.8 Å². The zero-order chi connectivity index (χ0) is 17.8. The summed E-state index contributed by atoms with van der Waals surface area (Å²) in [6.07, 6.45) is 1.35. The number of nitrogens with two attached hydrogens (primary N) is 1. The van der Waals surface area contributed by atoms with E-state index in [0.29, 0.717) is 12.4 Å². The van der Waals surface area contributed by atoms with Crippen molar-refractivity contribution in [2.75, 3.05) is 22.5 Å². The first-order chi connectivity index (χ1) is 12.1. The summed E-state index contributed by atoms with van der Waals surface area (Å²) in [5.41, 5.74) is 7.48. The first-order valence-corrected chi connectivity index (χ1v) is 7.75. The van der Waals surface area contributed by atoms with Gasteiger partial charge in [-0.05, 0) is 31.2 Å². The Morgan fingerprint density at radius 1 is 1.08 bits per heavy atom. The molecule has 0 radical (unpaired) electrons. The highest BCUT2D eigenvalue weighted by molar-refractivity contribution is 5.81. The Kier molecular flexibility index (Phi) is 4.74. The molecule has 0 saturated heterocycles. The van der Waals surface area contributed by atoms with Gasteiger partial charge in [-0.25, -0.2) is 18.7 Å². The molecule has 0 spiro atoms. The molecule has 1 heterocycles. The fraction of sp³-hybridized carbons (Fsp3) is 0.111. The minimum Gasteiger partial charge on any atom is -0.393 e. The molecule has 0 aliphatic heterocycles. The summed E-state index contributed by atoms with van der Waals surface area (Å²) >= 11 is 0. The van der Waals surface area contributed by atoms with Gasteiger partial charge in [-0.1, -0.05) is 18.2 Å². The molecule has 2 aromatic carbocycles. The average molecular weight is 341 g/mol. The fourth-order valence-electron chi connectivity index (χ4n) is 2.48. The number of nitrogens with one attached hydrogen (secondary N) is 1. The van der Waals surface area contributed by atoms with Gasteiger partial charge in [0.15, 0.2) is 11.6 Å². The number of halogens is 2. The third kappa shape index (κ3) is 3.50. The Hall–Kier alpha value is -3.22. The second-order valence-electron chi connectivity index (χ2n) is 5.29. The minimum atomic E-state index is -0.727. The van der Waals surface area contributed by atoms with Crippen molar-refractivity contribution in [1.29, 1.82) is 0 Å². The molecule has 25 heavy (non-hydrogen) atoms. The lowest BCUT2D eigenvalue weighted by Crippen LogP contribution is -2.19. The number of aromatic nitrogens is 2. The highest BCUT2D eigenvalue weighted by Crippen LogP contribution is 2.33. The predicted molar refractivity (Wildman–Crippen MR) is 95.2 cm³/mol. The van der Waals surface area contributed by atoms with Gasteiger partial charge in [0.25, 0.3) is 0 Å². The molecule has 0 bridgehead atoms. The van der Waals surface area contributed by atoms with Crippen molar-refractivity contribution in [3.05, 3.63) is 66.5 Å². The monoisotopic (exact) mass is 341 g/mol. The summed E-state index contributed by atoms with van der Waals surface area (Å²) in [6, 6.07) is 12.9. The fourth-order valence-corrected chi connectivity index (χ4v) is 2.48. The molecule has 7 heteroatoms. The summed E-state index contributed by atoms with van der Waals surface area (Å²) < 4.78 is 26.9. The number of rotatable bonds is 5. The number of nitrogens with zero attached hydrogens (tertiary/aromatic N) is 3. The van der Waals surface area contributed by atoms with Crippen LogP contribution >= 0.6 is 0 Å². The van der Waals surface area contributed by atoms with Gasteiger partial charge < -0.3 is 16.0 Å².